The molecule has 2 aliphatic heterocycles. The van der Waals surface area contributed by atoms with Gasteiger partial charge in [0.15, 0.2) is 0 Å². The van der Waals surface area contributed by atoms with Crippen molar-refractivity contribution < 1.29 is 47.2 Å². The van der Waals surface area contributed by atoms with Gasteiger partial charge in [0.25, 0.3) is 0 Å². The molecule has 0 amide bonds. The maximum absolute atomic E-state index is 13.7. The van der Waals surface area contributed by atoms with Gasteiger partial charge in [0.05, 0.1) is 0 Å². The van der Waals surface area contributed by atoms with Crippen LogP contribution in [0.1, 0.15) is 102 Å². The quantitative estimate of drug-likeness (QED) is 0.236. The summed E-state index contributed by atoms with van der Waals surface area (Å²) in [6.07, 6.45) is 2.10. The second-order valence-electron chi connectivity index (χ2n) is 10.5. The van der Waals surface area contributed by atoms with Crippen LogP contribution in [0.4, 0.5) is 0 Å². The van der Waals surface area contributed by atoms with E-state index in [2.05, 4.69) is 0 Å². The summed E-state index contributed by atoms with van der Waals surface area (Å²) in [5, 5.41) is 0. The molecule has 0 bridgehead atoms. The Morgan fingerprint density at radius 2 is 0.804 bits per heavy atom. The summed E-state index contributed by atoms with van der Waals surface area (Å²) < 4.78 is 34.5. The normalized spacial score (nSPS) is 16.2. The monoisotopic (exact) mass is 846 g/mol. The molecule has 0 spiro atoms. The van der Waals surface area contributed by atoms with Gasteiger partial charge in [-0.05, 0) is 0 Å². The summed E-state index contributed by atoms with van der Waals surface area (Å²) in [6.45, 7) is 3.74. The third-order valence-corrected chi connectivity index (χ3v) is 21.3. The fourth-order valence-electron chi connectivity index (χ4n) is 4.91. The van der Waals surface area contributed by atoms with E-state index < -0.39 is 75.1 Å². The molecule has 0 aliphatic carbocycles. The van der Waals surface area contributed by atoms with Gasteiger partial charge < -0.3 is 0 Å². The second-order valence-corrected chi connectivity index (χ2v) is 24.7. The molecule has 5 rings (SSSR count). The molecule has 0 saturated heterocycles. The number of hydrogen-bond donors (Lipinski definition) is 0. The molecule has 0 aromatic heterocycles. The molecule has 2 aliphatic rings. The van der Waals surface area contributed by atoms with Crippen molar-refractivity contribution in [2.75, 3.05) is 0 Å². The number of carbonyl (C=O) groups is 6. The molecule has 0 atom stereocenters. The van der Waals surface area contributed by atoms with Gasteiger partial charge in [-0.3, -0.25) is 0 Å². The van der Waals surface area contributed by atoms with Crippen LogP contribution < -0.4 is 0 Å². The van der Waals surface area contributed by atoms with Crippen LogP contribution in [-0.2, 0) is 18.4 Å². The van der Waals surface area contributed by atoms with Crippen LogP contribution in [-0.4, -0.2) is 75.1 Å². The fraction of sp³-hybridized carbons (Fsp3) is 0.250. The van der Waals surface area contributed by atoms with Crippen LogP contribution in [0.15, 0.2) is 72.8 Å². The maximum atomic E-state index is 13.7. The van der Waals surface area contributed by atoms with Gasteiger partial charge in [0, 0.05) is 0 Å². The average Bonchev–Trinajstić information content (AvgIpc) is 3.23. The molecule has 14 heteroatoms. The number of carbonyl (C=O) groups excluding carboxylic acids is 6. The second kappa shape index (κ2) is 14.2. The van der Waals surface area contributed by atoms with Gasteiger partial charge in [-0.2, -0.15) is 0 Å². The Morgan fingerprint density at radius 3 is 1.09 bits per heavy atom. The molecule has 12 nitrogen and oxygen atoms in total. The summed E-state index contributed by atoms with van der Waals surface area (Å²) >= 11 is -10.6. The molecule has 46 heavy (non-hydrogen) atoms. The van der Waals surface area contributed by atoms with Gasteiger partial charge in [0.1, 0.15) is 0 Å². The molecule has 2 heterocycles. The summed E-state index contributed by atoms with van der Waals surface area (Å²) in [6, 6.07) is 17.5. The molecule has 0 N–H and O–H groups in total. The van der Waals surface area contributed by atoms with Gasteiger partial charge in [0.2, 0.25) is 0 Å². The first-order valence-corrected chi connectivity index (χ1v) is 25.8. The Kier molecular flexibility index (Phi) is 10.3. The zero-order chi connectivity index (χ0) is 32.9. The van der Waals surface area contributed by atoms with Crippen LogP contribution in [0.2, 0.25) is 8.87 Å². The van der Waals surface area contributed by atoms with E-state index in [9.17, 15) is 28.8 Å². The first kappa shape index (κ1) is 33.4. The van der Waals surface area contributed by atoms with E-state index >= 15 is 0 Å². The summed E-state index contributed by atoms with van der Waals surface area (Å²) in [5.41, 5.74) is -0.602. The van der Waals surface area contributed by atoms with Gasteiger partial charge in [-0.15, -0.1) is 0 Å². The Bertz CT molecular complexity index is 1520. The standard InChI is InChI=1S/3C8H6O4.2C4H9.2Sn/c3*9-7(10)5-3-1-2-4-6(5)8(11)12;2*1-3-4-2;;/h3*1-4H,(H,9,10)(H,11,12);2*1,3-4H2,2H3;;/q;;;;;2*+3/p-6. The van der Waals surface area contributed by atoms with Crippen molar-refractivity contribution >= 4 is 75.1 Å². The number of fused-ring (bicyclic) bond motifs is 2. The van der Waals surface area contributed by atoms with Gasteiger partial charge >= 0.3 is 277 Å². The molecule has 0 saturated carbocycles. The zero-order valence-corrected chi connectivity index (χ0v) is 30.8. The summed E-state index contributed by atoms with van der Waals surface area (Å²) in [5.74, 6) is -5.55. The number of benzene rings is 3. The van der Waals surface area contributed by atoms with Crippen molar-refractivity contribution in [2.24, 2.45) is 0 Å². The Labute approximate surface area is 275 Å². The van der Waals surface area contributed by atoms with Crippen LogP contribution in [0.25, 0.3) is 0 Å². The molecule has 238 valence electrons. The first-order chi connectivity index (χ1) is 22.1. The van der Waals surface area contributed by atoms with Crippen molar-refractivity contribution in [3.8, 4) is 0 Å². The van der Waals surface area contributed by atoms with Crippen molar-refractivity contribution in [1.82, 2.24) is 0 Å². The van der Waals surface area contributed by atoms with Gasteiger partial charge in [-0.1, -0.05) is 0 Å². The third kappa shape index (κ3) is 7.06. The number of rotatable bonds is 10. The van der Waals surface area contributed by atoms with Crippen molar-refractivity contribution in [1.29, 1.82) is 0 Å². The summed E-state index contributed by atoms with van der Waals surface area (Å²) in [7, 11) is 0. The average molecular weight is 844 g/mol. The van der Waals surface area contributed by atoms with Crippen LogP contribution in [0.3, 0.4) is 0 Å². The number of hydrogen-bond acceptors (Lipinski definition) is 12. The summed E-state index contributed by atoms with van der Waals surface area (Å²) in [4.78, 5) is 79.8. The zero-order valence-electron chi connectivity index (χ0n) is 25.1. The molecular formula is C32H30O12Sn2. The minimum absolute atomic E-state index is 0.0119. The fourth-order valence-corrected chi connectivity index (χ4v) is 18.6. The molecule has 0 radical (unpaired) electrons. The molecule has 3 aromatic rings. The van der Waals surface area contributed by atoms with Crippen LogP contribution in [0, 0.1) is 0 Å². The number of unbranched alkanes of at least 4 members (excludes halogenated alkanes) is 2. The van der Waals surface area contributed by atoms with Crippen molar-refractivity contribution in [3.05, 3.63) is 106 Å². The van der Waals surface area contributed by atoms with Gasteiger partial charge in [-0.25, -0.2) is 0 Å². The van der Waals surface area contributed by atoms with E-state index in [1.165, 1.54) is 48.5 Å². The van der Waals surface area contributed by atoms with E-state index in [4.69, 9.17) is 18.4 Å². The van der Waals surface area contributed by atoms with E-state index in [0.717, 1.165) is 0 Å². The van der Waals surface area contributed by atoms with E-state index in [-0.39, 0.29) is 42.3 Å². The molecule has 3 aromatic carbocycles. The van der Waals surface area contributed by atoms with Crippen molar-refractivity contribution in [2.45, 2.75) is 48.4 Å². The predicted molar refractivity (Wildman–Crippen MR) is 163 cm³/mol. The van der Waals surface area contributed by atoms with Crippen LogP contribution >= 0.6 is 0 Å². The molecule has 0 fully saturated rings. The Balaban J connectivity index is 1.45. The van der Waals surface area contributed by atoms with E-state index in [1.54, 1.807) is 24.3 Å². The third-order valence-electron chi connectivity index (χ3n) is 7.26. The van der Waals surface area contributed by atoms with Crippen LogP contribution in [0.5, 0.6) is 0 Å². The van der Waals surface area contributed by atoms with E-state index in [0.29, 0.717) is 25.7 Å². The Hall–Kier alpha value is -3.92. The Morgan fingerprint density at radius 1 is 0.522 bits per heavy atom. The predicted octanol–water partition coefficient (Wildman–Crippen LogP) is 5.53. The molecule has 0 unspecified atom stereocenters. The van der Waals surface area contributed by atoms with E-state index in [1.807, 2.05) is 13.8 Å². The minimum atomic E-state index is -5.32. The SMILES string of the molecule is CCC[CH2][Sn]1([O]C(=O)c2ccccc2C(=O)[O][Sn]2([CH2]CCC)[O]C(=O)c3ccccc3C(=O)[O]2)[O]C(=O)c2ccccc2C(=O)[O]1. The molecular weight excluding hydrogens is 814 g/mol. The van der Waals surface area contributed by atoms with Crippen molar-refractivity contribution in [3.63, 3.8) is 0 Å². The topological polar surface area (TPSA) is 158 Å². The first-order valence-electron chi connectivity index (χ1n) is 14.8.